The molecule has 10 nitrogen and oxygen atoms in total. The summed E-state index contributed by atoms with van der Waals surface area (Å²) in [5.74, 6) is 0. The van der Waals surface area contributed by atoms with Gasteiger partial charge in [-0.25, -0.2) is 4.79 Å². The number of alkyl halides is 1. The summed E-state index contributed by atoms with van der Waals surface area (Å²) in [6, 6.07) is 0. The number of rotatable bonds is 2. The number of hydrogen-bond acceptors (Lipinski definition) is 8. The zero-order chi connectivity index (χ0) is 17.0. The molecule has 2 rings (SSSR count). The van der Waals surface area contributed by atoms with Crippen molar-refractivity contribution < 1.29 is 24.7 Å². The van der Waals surface area contributed by atoms with Gasteiger partial charge in [-0.1, -0.05) is 0 Å². The monoisotopic (exact) mass is 449 g/mol. The van der Waals surface area contributed by atoms with Crippen LogP contribution >= 0.6 is 31.1 Å². The SMILES string of the molecule is Cc1cn([C@H]2C[C@H](O)[C@@H](C(O)I)O2)c(=O)[nH]c1=O.NP(O)O. The Morgan fingerprint density at radius 3 is 2.55 bits per heavy atom. The number of H-pyrrole nitrogens is 1. The number of hydrogen-bond donors (Lipinski definition) is 6. The lowest BCUT2D eigenvalue weighted by Crippen LogP contribution is -2.34. The zero-order valence-corrected chi connectivity index (χ0v) is 14.5. The van der Waals surface area contributed by atoms with Crippen molar-refractivity contribution in [3.05, 3.63) is 32.6 Å². The Balaban J connectivity index is 0.000000541. The first-order valence-electron chi connectivity index (χ1n) is 6.03. The minimum atomic E-state index is -2.12. The van der Waals surface area contributed by atoms with Crippen LogP contribution in [0.4, 0.5) is 0 Å². The molecular formula is C10H17IN3O7P. The molecule has 1 aromatic rings. The highest BCUT2D eigenvalue weighted by Gasteiger charge is 2.38. The molecule has 12 heteroatoms. The molecule has 0 radical (unpaired) electrons. The molecule has 1 aromatic heterocycles. The van der Waals surface area contributed by atoms with Crippen molar-refractivity contribution in [1.82, 2.24) is 9.55 Å². The third-order valence-corrected chi connectivity index (χ3v) is 3.57. The van der Waals surface area contributed by atoms with Crippen LogP contribution in [0.25, 0.3) is 0 Å². The van der Waals surface area contributed by atoms with Gasteiger partial charge in [0.05, 0.1) is 6.10 Å². The molecule has 1 unspecified atom stereocenters. The van der Waals surface area contributed by atoms with Crippen LogP contribution in [0.3, 0.4) is 0 Å². The molecular weight excluding hydrogens is 432 g/mol. The number of aromatic amines is 1. The molecule has 0 aromatic carbocycles. The van der Waals surface area contributed by atoms with Crippen molar-refractivity contribution in [1.29, 1.82) is 0 Å². The molecule has 0 aliphatic carbocycles. The summed E-state index contributed by atoms with van der Waals surface area (Å²) in [5.41, 5.74) is 3.63. The van der Waals surface area contributed by atoms with E-state index in [9.17, 15) is 19.8 Å². The summed E-state index contributed by atoms with van der Waals surface area (Å²) in [7, 11) is -2.12. The lowest BCUT2D eigenvalue weighted by molar-refractivity contribution is -0.0517. The quantitative estimate of drug-likeness (QED) is 0.178. The number of aryl methyl sites for hydroxylation is 1. The highest BCUT2D eigenvalue weighted by atomic mass is 127. The summed E-state index contributed by atoms with van der Waals surface area (Å²) in [5, 5.41) is 19.1. The van der Waals surface area contributed by atoms with Gasteiger partial charge >= 0.3 is 5.69 Å². The van der Waals surface area contributed by atoms with Gasteiger partial charge in [-0.15, -0.1) is 0 Å². The van der Waals surface area contributed by atoms with E-state index in [0.29, 0.717) is 5.56 Å². The van der Waals surface area contributed by atoms with Crippen LogP contribution in [-0.2, 0) is 4.74 Å². The lowest BCUT2D eigenvalue weighted by Gasteiger charge is -2.17. The second kappa shape index (κ2) is 8.45. The average molecular weight is 449 g/mol. The number of ether oxygens (including phenoxy) is 1. The first-order valence-corrected chi connectivity index (χ1v) is 8.60. The number of aromatic nitrogens is 2. The molecule has 1 fully saturated rings. The van der Waals surface area contributed by atoms with E-state index in [-0.39, 0.29) is 6.42 Å². The first kappa shape index (κ1) is 19.6. The topological polar surface area (TPSA) is 171 Å². The third kappa shape index (κ3) is 5.35. The molecule has 0 spiro atoms. The lowest BCUT2D eigenvalue weighted by atomic mass is 10.2. The second-order valence-corrected chi connectivity index (χ2v) is 6.45. The Morgan fingerprint density at radius 1 is 1.55 bits per heavy atom. The largest absolute Gasteiger partial charge is 0.390 e. The second-order valence-electron chi connectivity index (χ2n) is 4.53. The summed E-state index contributed by atoms with van der Waals surface area (Å²) >= 11 is 1.74. The summed E-state index contributed by atoms with van der Waals surface area (Å²) in [4.78, 5) is 40.0. The van der Waals surface area contributed by atoms with Crippen molar-refractivity contribution in [3.63, 3.8) is 0 Å². The fraction of sp³-hybridized carbons (Fsp3) is 0.600. The molecule has 126 valence electrons. The van der Waals surface area contributed by atoms with Crippen LogP contribution in [0.15, 0.2) is 15.8 Å². The Bertz CT molecular complexity index is 602. The van der Waals surface area contributed by atoms with E-state index in [2.05, 4.69) is 10.5 Å². The highest BCUT2D eigenvalue weighted by Crippen LogP contribution is 2.31. The van der Waals surface area contributed by atoms with Gasteiger partial charge in [0.2, 0.25) is 8.53 Å². The predicted molar refractivity (Wildman–Crippen MR) is 86.2 cm³/mol. The van der Waals surface area contributed by atoms with Gasteiger partial charge in [-0.3, -0.25) is 19.8 Å². The van der Waals surface area contributed by atoms with E-state index in [0.717, 1.165) is 0 Å². The molecule has 22 heavy (non-hydrogen) atoms. The summed E-state index contributed by atoms with van der Waals surface area (Å²) in [6.45, 7) is 1.57. The number of aliphatic hydroxyl groups excluding tert-OH is 2. The molecule has 2 heterocycles. The number of halogens is 1. The molecule has 0 saturated carbocycles. The van der Waals surface area contributed by atoms with Crippen molar-refractivity contribution in [2.24, 2.45) is 5.50 Å². The number of nitrogens with zero attached hydrogens (tertiary/aromatic N) is 1. The number of aliphatic hydroxyl groups is 2. The third-order valence-electron chi connectivity index (χ3n) is 2.86. The van der Waals surface area contributed by atoms with Crippen LogP contribution in [0.5, 0.6) is 0 Å². The van der Waals surface area contributed by atoms with E-state index in [4.69, 9.17) is 14.5 Å². The molecule has 7 N–H and O–H groups in total. The van der Waals surface area contributed by atoms with Crippen molar-refractivity contribution >= 4 is 31.1 Å². The smallest absolute Gasteiger partial charge is 0.330 e. The van der Waals surface area contributed by atoms with Gasteiger partial charge in [0.1, 0.15) is 16.4 Å². The van der Waals surface area contributed by atoms with E-state index < -0.39 is 42.3 Å². The van der Waals surface area contributed by atoms with Gasteiger partial charge in [0.15, 0.2) is 0 Å². The van der Waals surface area contributed by atoms with Gasteiger partial charge in [-0.05, 0) is 29.5 Å². The van der Waals surface area contributed by atoms with Crippen molar-refractivity contribution in [2.75, 3.05) is 0 Å². The van der Waals surface area contributed by atoms with E-state index >= 15 is 0 Å². The predicted octanol–water partition coefficient (Wildman–Crippen LogP) is -1.60. The molecule has 0 amide bonds. The van der Waals surface area contributed by atoms with E-state index in [1.165, 1.54) is 10.8 Å². The van der Waals surface area contributed by atoms with Crippen LogP contribution in [0.1, 0.15) is 18.2 Å². The summed E-state index contributed by atoms with van der Waals surface area (Å²) < 4.78 is 5.79. The van der Waals surface area contributed by atoms with Gasteiger partial charge in [0, 0.05) is 18.2 Å². The van der Waals surface area contributed by atoms with Crippen LogP contribution in [0.2, 0.25) is 0 Å². The van der Waals surface area contributed by atoms with E-state index in [1.54, 1.807) is 29.5 Å². The van der Waals surface area contributed by atoms with Crippen molar-refractivity contribution in [2.45, 2.75) is 35.9 Å². The van der Waals surface area contributed by atoms with Gasteiger partial charge in [-0.2, -0.15) is 0 Å². The van der Waals surface area contributed by atoms with Crippen molar-refractivity contribution in [3.8, 4) is 0 Å². The minimum Gasteiger partial charge on any atom is -0.390 e. The van der Waals surface area contributed by atoms with Gasteiger partial charge in [0.25, 0.3) is 5.56 Å². The van der Waals surface area contributed by atoms with Crippen LogP contribution in [-0.4, -0.2) is 45.9 Å². The maximum atomic E-state index is 11.6. The first-order chi connectivity index (χ1) is 10.1. The Labute approximate surface area is 139 Å². The number of nitrogens with one attached hydrogen (secondary N) is 1. The molecule has 1 aliphatic rings. The fourth-order valence-corrected chi connectivity index (χ4v) is 2.54. The van der Waals surface area contributed by atoms with Gasteiger partial charge < -0.3 is 24.7 Å². The number of nitrogens with two attached hydrogens (primary N) is 1. The molecule has 1 saturated heterocycles. The maximum absolute atomic E-state index is 11.6. The highest BCUT2D eigenvalue weighted by molar-refractivity contribution is 14.1. The maximum Gasteiger partial charge on any atom is 0.330 e. The Kier molecular flexibility index (Phi) is 7.55. The Hall–Kier alpha value is -0.400. The molecule has 1 aliphatic heterocycles. The van der Waals surface area contributed by atoms with Crippen LogP contribution < -0.4 is 16.8 Å². The zero-order valence-electron chi connectivity index (χ0n) is 11.5. The van der Waals surface area contributed by atoms with E-state index in [1.807, 2.05) is 0 Å². The minimum absolute atomic E-state index is 0.191. The average Bonchev–Trinajstić information content (AvgIpc) is 2.75. The normalized spacial score (nSPS) is 25.7. The van der Waals surface area contributed by atoms with Crippen LogP contribution in [0, 0.1) is 6.92 Å². The molecule has 4 atom stereocenters. The summed E-state index contributed by atoms with van der Waals surface area (Å²) in [6.07, 6.45) is -0.690. The fourth-order valence-electron chi connectivity index (χ4n) is 1.90. The Morgan fingerprint density at radius 2 is 2.09 bits per heavy atom. The molecule has 0 bridgehead atoms. The standard InChI is InChI=1S/C10H13IN2O5.H4NO2P/c1-4-3-13(10(17)12-9(4)16)6-2-5(14)7(18-6)8(11)15;1-4(2)3/h3,5-8,14-15H,2H2,1H3,(H,12,16,17);2-3H,1H2/t5-,6+,7-,8?;/m0./s1.